The van der Waals surface area contributed by atoms with Gasteiger partial charge in [-0.3, -0.25) is 9.78 Å². The van der Waals surface area contributed by atoms with E-state index in [1.165, 1.54) is 0 Å². The molecule has 4 aromatic rings. The number of fused-ring (bicyclic) bond motifs is 1. The molecule has 0 fully saturated rings. The first kappa shape index (κ1) is 23.8. The van der Waals surface area contributed by atoms with Crippen molar-refractivity contribution in [2.75, 3.05) is 11.9 Å². The Balaban J connectivity index is 1.84. The first-order valence-electron chi connectivity index (χ1n) is 11.1. The molecule has 35 heavy (non-hydrogen) atoms. The number of hydrogen-bond acceptors (Lipinski definition) is 7. The standard InChI is InChI=1S/C27H25N3O5/c1-4-34-27(33)18-7-11-21(12-8-18)30-26-23(25(32)29-20-9-5-16(2)6-10-20)13-22-19(15-31)14-28-17(3)24(22)35-26/h5-14,31H,4,15H2,1-3H3,(H,29,32). The second kappa shape index (κ2) is 10.3. The van der Waals surface area contributed by atoms with Gasteiger partial charge in [-0.25, -0.2) is 9.79 Å². The van der Waals surface area contributed by atoms with Crippen LogP contribution in [0.1, 0.15) is 44.5 Å². The highest BCUT2D eigenvalue weighted by Crippen LogP contribution is 2.22. The number of carbonyl (C=O) groups is 2. The van der Waals surface area contributed by atoms with Gasteiger partial charge in [0.2, 0.25) is 5.55 Å². The van der Waals surface area contributed by atoms with Crippen LogP contribution in [-0.4, -0.2) is 28.6 Å². The average molecular weight is 472 g/mol. The Morgan fingerprint density at radius 2 is 1.80 bits per heavy atom. The van der Waals surface area contributed by atoms with Crippen LogP contribution in [0.4, 0.5) is 11.4 Å². The smallest absolute Gasteiger partial charge is 0.338 e. The topological polar surface area (TPSA) is 114 Å². The first-order chi connectivity index (χ1) is 16.9. The zero-order valence-electron chi connectivity index (χ0n) is 19.7. The predicted octanol–water partition coefficient (Wildman–Crippen LogP) is 4.60. The van der Waals surface area contributed by atoms with Crippen molar-refractivity contribution in [3.05, 3.63) is 94.3 Å². The summed E-state index contributed by atoms with van der Waals surface area (Å²) in [4.78, 5) is 34.0. The quantitative estimate of drug-likeness (QED) is 0.397. The van der Waals surface area contributed by atoms with Gasteiger partial charge in [0.1, 0.15) is 5.56 Å². The normalized spacial score (nSPS) is 11.5. The number of nitrogens with one attached hydrogen (secondary N) is 1. The molecule has 0 atom stereocenters. The molecule has 2 N–H and O–H groups in total. The van der Waals surface area contributed by atoms with E-state index in [4.69, 9.17) is 9.15 Å². The van der Waals surface area contributed by atoms with Gasteiger partial charge in [-0.05, 0) is 63.2 Å². The molecule has 2 aromatic heterocycles. The van der Waals surface area contributed by atoms with Crippen LogP contribution in [0.3, 0.4) is 0 Å². The second-order valence-corrected chi connectivity index (χ2v) is 7.93. The lowest BCUT2D eigenvalue weighted by Crippen LogP contribution is -2.22. The summed E-state index contributed by atoms with van der Waals surface area (Å²) in [6.07, 6.45) is 1.56. The van der Waals surface area contributed by atoms with Crippen molar-refractivity contribution < 1.29 is 23.8 Å². The number of aliphatic hydroxyl groups excluding tert-OH is 1. The van der Waals surface area contributed by atoms with E-state index in [0.29, 0.717) is 39.2 Å². The molecule has 2 aromatic carbocycles. The van der Waals surface area contributed by atoms with Crippen molar-refractivity contribution >= 4 is 34.2 Å². The van der Waals surface area contributed by atoms with Gasteiger partial charge in [0, 0.05) is 22.8 Å². The summed E-state index contributed by atoms with van der Waals surface area (Å²) >= 11 is 0. The van der Waals surface area contributed by atoms with E-state index < -0.39 is 11.9 Å². The second-order valence-electron chi connectivity index (χ2n) is 7.93. The molecule has 1 amide bonds. The number of anilines is 1. The summed E-state index contributed by atoms with van der Waals surface area (Å²) in [5.74, 6) is -0.842. The molecule has 8 nitrogen and oxygen atoms in total. The summed E-state index contributed by atoms with van der Waals surface area (Å²) in [7, 11) is 0. The zero-order valence-corrected chi connectivity index (χ0v) is 19.7. The molecule has 8 heteroatoms. The summed E-state index contributed by atoms with van der Waals surface area (Å²) in [5.41, 5.74) is 4.38. The van der Waals surface area contributed by atoms with Crippen LogP contribution >= 0.6 is 0 Å². The molecule has 178 valence electrons. The third-order valence-electron chi connectivity index (χ3n) is 5.38. The lowest BCUT2D eigenvalue weighted by atomic mass is 10.1. The fourth-order valence-corrected chi connectivity index (χ4v) is 3.50. The van der Waals surface area contributed by atoms with E-state index >= 15 is 0 Å². The molecule has 0 unspecified atom stereocenters. The van der Waals surface area contributed by atoms with Gasteiger partial charge in [-0.1, -0.05) is 17.7 Å². The number of esters is 1. The SMILES string of the molecule is CCOC(=O)c1ccc(N=c2oc3c(C)ncc(CO)c3cc2C(=O)Nc2ccc(C)cc2)cc1. The van der Waals surface area contributed by atoms with E-state index in [9.17, 15) is 14.7 Å². The van der Waals surface area contributed by atoms with E-state index in [0.717, 1.165) is 5.56 Å². The predicted molar refractivity (Wildman–Crippen MR) is 131 cm³/mol. The van der Waals surface area contributed by atoms with Crippen molar-refractivity contribution in [3.8, 4) is 0 Å². The number of ether oxygens (including phenoxy) is 1. The van der Waals surface area contributed by atoms with Gasteiger partial charge in [-0.2, -0.15) is 0 Å². The Hall–Kier alpha value is -4.30. The third-order valence-corrected chi connectivity index (χ3v) is 5.38. The molecular formula is C27H25N3O5. The molecule has 2 heterocycles. The number of aromatic nitrogens is 1. The van der Waals surface area contributed by atoms with Gasteiger partial charge in [-0.15, -0.1) is 0 Å². The number of amides is 1. The van der Waals surface area contributed by atoms with Crippen LogP contribution in [0.2, 0.25) is 0 Å². The highest BCUT2D eigenvalue weighted by molar-refractivity contribution is 6.05. The summed E-state index contributed by atoms with van der Waals surface area (Å²) in [5, 5.41) is 13.2. The average Bonchev–Trinajstić information content (AvgIpc) is 2.86. The van der Waals surface area contributed by atoms with Crippen LogP contribution in [-0.2, 0) is 11.3 Å². The van der Waals surface area contributed by atoms with Crippen LogP contribution in [0.15, 0.2) is 70.2 Å². The lowest BCUT2D eigenvalue weighted by Gasteiger charge is -2.10. The van der Waals surface area contributed by atoms with Crippen molar-refractivity contribution in [2.45, 2.75) is 27.4 Å². The van der Waals surface area contributed by atoms with Gasteiger partial charge in [0.05, 0.1) is 30.2 Å². The van der Waals surface area contributed by atoms with E-state index in [1.54, 1.807) is 50.4 Å². The van der Waals surface area contributed by atoms with Gasteiger partial charge in [0.25, 0.3) is 5.91 Å². The monoisotopic (exact) mass is 471 g/mol. The van der Waals surface area contributed by atoms with E-state index in [-0.39, 0.29) is 24.3 Å². The molecule has 0 aliphatic heterocycles. The van der Waals surface area contributed by atoms with E-state index in [1.807, 2.05) is 31.2 Å². The molecule has 0 bridgehead atoms. The minimum absolute atomic E-state index is 0.0750. The molecular weight excluding hydrogens is 446 g/mol. The van der Waals surface area contributed by atoms with Crippen molar-refractivity contribution in [1.29, 1.82) is 0 Å². The van der Waals surface area contributed by atoms with Crippen LogP contribution in [0.5, 0.6) is 0 Å². The number of pyridine rings is 1. The van der Waals surface area contributed by atoms with Gasteiger partial charge < -0.3 is 19.6 Å². The summed E-state index contributed by atoms with van der Waals surface area (Å²) in [6.45, 7) is 5.50. The number of benzene rings is 2. The Kier molecular flexibility index (Phi) is 7.03. The minimum atomic E-state index is -0.425. The molecule has 0 aliphatic carbocycles. The lowest BCUT2D eigenvalue weighted by molar-refractivity contribution is 0.0526. The van der Waals surface area contributed by atoms with Crippen molar-refractivity contribution in [3.63, 3.8) is 0 Å². The summed E-state index contributed by atoms with van der Waals surface area (Å²) < 4.78 is 11.1. The Labute approximate surface area is 201 Å². The van der Waals surface area contributed by atoms with Crippen molar-refractivity contribution in [1.82, 2.24) is 4.98 Å². The molecule has 4 rings (SSSR count). The number of rotatable bonds is 6. The molecule has 0 radical (unpaired) electrons. The number of hydrogen-bond donors (Lipinski definition) is 2. The maximum Gasteiger partial charge on any atom is 0.338 e. The van der Waals surface area contributed by atoms with Crippen LogP contribution in [0.25, 0.3) is 11.0 Å². The Bertz CT molecular complexity index is 1460. The molecule has 0 saturated heterocycles. The first-order valence-corrected chi connectivity index (χ1v) is 11.1. The fourth-order valence-electron chi connectivity index (χ4n) is 3.50. The molecule has 0 spiro atoms. The van der Waals surface area contributed by atoms with Gasteiger partial charge >= 0.3 is 5.97 Å². The number of nitrogens with zero attached hydrogens (tertiary/aromatic N) is 2. The maximum atomic E-state index is 13.3. The number of aryl methyl sites for hydroxylation is 2. The fraction of sp³-hybridized carbons (Fsp3) is 0.185. The van der Waals surface area contributed by atoms with Crippen LogP contribution in [0, 0.1) is 13.8 Å². The Morgan fingerprint density at radius 3 is 2.46 bits per heavy atom. The van der Waals surface area contributed by atoms with Crippen molar-refractivity contribution in [2.24, 2.45) is 4.99 Å². The third kappa shape index (κ3) is 5.28. The highest BCUT2D eigenvalue weighted by atomic mass is 16.5. The largest absolute Gasteiger partial charge is 0.462 e. The number of carbonyl (C=O) groups excluding carboxylic acids is 2. The van der Waals surface area contributed by atoms with Crippen LogP contribution < -0.4 is 10.9 Å². The number of aliphatic hydroxyl groups is 1. The Morgan fingerprint density at radius 1 is 1.09 bits per heavy atom. The molecule has 0 aliphatic rings. The zero-order chi connectivity index (χ0) is 24.9. The van der Waals surface area contributed by atoms with Gasteiger partial charge in [0.15, 0.2) is 5.58 Å². The maximum absolute atomic E-state index is 13.3. The summed E-state index contributed by atoms with van der Waals surface area (Å²) in [6, 6.07) is 15.5. The molecule has 0 saturated carbocycles. The minimum Gasteiger partial charge on any atom is -0.462 e. The highest BCUT2D eigenvalue weighted by Gasteiger charge is 2.17. The van der Waals surface area contributed by atoms with E-state index in [2.05, 4.69) is 15.3 Å².